The van der Waals surface area contributed by atoms with Crippen LogP contribution in [-0.2, 0) is 6.42 Å². The van der Waals surface area contributed by atoms with E-state index in [1.54, 1.807) is 0 Å². The molecule has 1 aliphatic heterocycles. The van der Waals surface area contributed by atoms with E-state index in [0.29, 0.717) is 0 Å². The van der Waals surface area contributed by atoms with Gasteiger partial charge < -0.3 is 15.5 Å². The molecule has 19 heavy (non-hydrogen) atoms. The molecule has 0 aromatic carbocycles. The molecule has 1 saturated heterocycles. The number of carbonyl (C=O) groups is 1. The fraction of sp³-hybridized carbons (Fsp3) is 0.643. The highest BCUT2D eigenvalue weighted by Crippen LogP contribution is 2.16. The number of thiophene rings is 1. The lowest BCUT2D eigenvalue weighted by molar-refractivity contribution is 0.0954. The van der Waals surface area contributed by atoms with Gasteiger partial charge in [-0.15, -0.1) is 11.3 Å². The quantitative estimate of drug-likeness (QED) is 0.773. The zero-order valence-corrected chi connectivity index (χ0v) is 12.4. The van der Waals surface area contributed by atoms with Crippen LogP contribution in [0, 0.1) is 0 Å². The molecule has 2 heterocycles. The zero-order chi connectivity index (χ0) is 13.5. The van der Waals surface area contributed by atoms with Gasteiger partial charge in [0.2, 0.25) is 0 Å². The summed E-state index contributed by atoms with van der Waals surface area (Å²) in [4.78, 5) is 15.3. The number of rotatable bonds is 6. The van der Waals surface area contributed by atoms with Crippen LogP contribution >= 0.6 is 11.3 Å². The second-order valence-electron chi connectivity index (χ2n) is 4.83. The van der Waals surface area contributed by atoms with Gasteiger partial charge in [0.25, 0.3) is 5.91 Å². The van der Waals surface area contributed by atoms with E-state index in [0.717, 1.165) is 62.6 Å². The molecule has 0 aliphatic carbocycles. The van der Waals surface area contributed by atoms with E-state index in [4.69, 9.17) is 0 Å². The fourth-order valence-electron chi connectivity index (χ4n) is 2.33. The van der Waals surface area contributed by atoms with Crippen molar-refractivity contribution in [1.29, 1.82) is 0 Å². The van der Waals surface area contributed by atoms with Crippen LogP contribution in [-0.4, -0.2) is 50.1 Å². The molecular formula is C14H23N3OS. The van der Waals surface area contributed by atoms with Gasteiger partial charge >= 0.3 is 0 Å². The minimum absolute atomic E-state index is 0.0900. The summed E-state index contributed by atoms with van der Waals surface area (Å²) in [6.45, 7) is 8.35. The maximum absolute atomic E-state index is 12.0. The van der Waals surface area contributed by atoms with Crippen LogP contribution in [0.25, 0.3) is 0 Å². The Kier molecular flexibility index (Phi) is 5.82. The molecule has 4 nitrogen and oxygen atoms in total. The highest BCUT2D eigenvalue weighted by Gasteiger charge is 2.12. The minimum Gasteiger partial charge on any atom is -0.351 e. The lowest BCUT2D eigenvalue weighted by Crippen LogP contribution is -2.44. The van der Waals surface area contributed by atoms with Crippen LogP contribution in [0.4, 0.5) is 0 Å². The van der Waals surface area contributed by atoms with E-state index in [1.807, 2.05) is 11.4 Å². The second kappa shape index (κ2) is 7.62. The molecule has 0 saturated carbocycles. The van der Waals surface area contributed by atoms with Gasteiger partial charge in [0.1, 0.15) is 0 Å². The van der Waals surface area contributed by atoms with Crippen LogP contribution in [0.1, 0.15) is 28.6 Å². The summed E-state index contributed by atoms with van der Waals surface area (Å²) in [5.74, 6) is 0.0900. The van der Waals surface area contributed by atoms with Crippen LogP contribution in [0.5, 0.6) is 0 Å². The molecular weight excluding hydrogens is 258 g/mol. The first-order valence-corrected chi connectivity index (χ1v) is 7.97. The number of aryl methyl sites for hydroxylation is 1. The van der Waals surface area contributed by atoms with Crippen molar-refractivity contribution in [2.75, 3.05) is 39.3 Å². The molecule has 5 heteroatoms. The van der Waals surface area contributed by atoms with Gasteiger partial charge in [-0.25, -0.2) is 0 Å². The van der Waals surface area contributed by atoms with Gasteiger partial charge in [0, 0.05) is 32.7 Å². The third kappa shape index (κ3) is 4.30. The van der Waals surface area contributed by atoms with Gasteiger partial charge in [0.05, 0.1) is 4.88 Å². The number of hydrogen-bond donors (Lipinski definition) is 2. The maximum Gasteiger partial charge on any atom is 0.261 e. The van der Waals surface area contributed by atoms with Gasteiger partial charge in [-0.05, 0) is 36.4 Å². The second-order valence-corrected chi connectivity index (χ2v) is 5.75. The SMILES string of the molecule is CCc1ccsc1C(=O)NCCCN1CCNCC1. The summed E-state index contributed by atoms with van der Waals surface area (Å²) in [7, 11) is 0. The Balaban J connectivity index is 1.66. The molecule has 2 N–H and O–H groups in total. The highest BCUT2D eigenvalue weighted by molar-refractivity contribution is 7.12. The number of hydrogen-bond acceptors (Lipinski definition) is 4. The first-order valence-electron chi connectivity index (χ1n) is 7.09. The van der Waals surface area contributed by atoms with Crippen LogP contribution in [0.3, 0.4) is 0 Å². The lowest BCUT2D eigenvalue weighted by atomic mass is 10.2. The van der Waals surface area contributed by atoms with Crippen LogP contribution in [0.15, 0.2) is 11.4 Å². The Hall–Kier alpha value is -0.910. The highest BCUT2D eigenvalue weighted by atomic mass is 32.1. The van der Waals surface area contributed by atoms with Gasteiger partial charge in [-0.1, -0.05) is 6.92 Å². The summed E-state index contributed by atoms with van der Waals surface area (Å²) in [6, 6.07) is 2.04. The van der Waals surface area contributed by atoms with E-state index in [2.05, 4.69) is 22.5 Å². The maximum atomic E-state index is 12.0. The Bertz CT molecular complexity index is 399. The van der Waals surface area contributed by atoms with Crippen LogP contribution in [0.2, 0.25) is 0 Å². The third-order valence-corrected chi connectivity index (χ3v) is 4.44. The number of amides is 1. The van der Waals surface area contributed by atoms with Crippen molar-refractivity contribution < 1.29 is 4.79 Å². The normalized spacial score (nSPS) is 16.5. The Labute approximate surface area is 119 Å². The molecule has 1 fully saturated rings. The number of piperazine rings is 1. The van der Waals surface area contributed by atoms with Crippen molar-refractivity contribution in [3.05, 3.63) is 21.9 Å². The van der Waals surface area contributed by atoms with Gasteiger partial charge in [-0.2, -0.15) is 0 Å². The standard InChI is InChI=1S/C14H23N3OS/c1-2-12-4-11-19-13(12)14(18)16-5-3-8-17-9-6-15-7-10-17/h4,11,15H,2-3,5-10H2,1H3,(H,16,18). The number of carbonyl (C=O) groups excluding carboxylic acids is 1. The van der Waals surface area contributed by atoms with Crippen molar-refractivity contribution in [2.24, 2.45) is 0 Å². The molecule has 0 atom stereocenters. The average Bonchev–Trinajstić information content (AvgIpc) is 2.93. The fourth-order valence-corrected chi connectivity index (χ4v) is 3.24. The van der Waals surface area contributed by atoms with Crippen molar-refractivity contribution in [1.82, 2.24) is 15.5 Å². The molecule has 2 rings (SSSR count). The third-order valence-electron chi connectivity index (χ3n) is 3.48. The minimum atomic E-state index is 0.0900. The molecule has 1 aromatic rings. The Morgan fingerprint density at radius 3 is 3.00 bits per heavy atom. The molecule has 0 bridgehead atoms. The van der Waals surface area contributed by atoms with Crippen LogP contribution < -0.4 is 10.6 Å². The van der Waals surface area contributed by atoms with E-state index in [9.17, 15) is 4.79 Å². The molecule has 0 radical (unpaired) electrons. The molecule has 0 spiro atoms. The monoisotopic (exact) mass is 281 g/mol. The number of nitrogens with one attached hydrogen (secondary N) is 2. The van der Waals surface area contributed by atoms with E-state index >= 15 is 0 Å². The largest absolute Gasteiger partial charge is 0.351 e. The summed E-state index contributed by atoms with van der Waals surface area (Å²) < 4.78 is 0. The van der Waals surface area contributed by atoms with Crippen molar-refractivity contribution >= 4 is 17.2 Å². The van der Waals surface area contributed by atoms with E-state index in [1.165, 1.54) is 11.3 Å². The van der Waals surface area contributed by atoms with Gasteiger partial charge in [-0.3, -0.25) is 4.79 Å². The first kappa shape index (κ1) is 14.5. The zero-order valence-electron chi connectivity index (χ0n) is 11.6. The molecule has 1 aliphatic rings. The number of nitrogens with zero attached hydrogens (tertiary/aromatic N) is 1. The first-order chi connectivity index (χ1) is 9.31. The van der Waals surface area contributed by atoms with Gasteiger partial charge in [0.15, 0.2) is 0 Å². The smallest absolute Gasteiger partial charge is 0.261 e. The molecule has 1 aromatic heterocycles. The summed E-state index contributed by atoms with van der Waals surface area (Å²) in [5.41, 5.74) is 1.16. The average molecular weight is 281 g/mol. The Morgan fingerprint density at radius 1 is 1.47 bits per heavy atom. The molecule has 1 amide bonds. The summed E-state index contributed by atoms with van der Waals surface area (Å²) in [5, 5.41) is 8.37. The van der Waals surface area contributed by atoms with E-state index in [-0.39, 0.29) is 5.91 Å². The summed E-state index contributed by atoms with van der Waals surface area (Å²) in [6.07, 6.45) is 1.95. The Morgan fingerprint density at radius 2 is 2.26 bits per heavy atom. The molecule has 106 valence electrons. The van der Waals surface area contributed by atoms with Crippen molar-refractivity contribution in [2.45, 2.75) is 19.8 Å². The predicted octanol–water partition coefficient (Wildman–Crippen LogP) is 1.34. The predicted molar refractivity (Wildman–Crippen MR) is 80.0 cm³/mol. The van der Waals surface area contributed by atoms with Crippen molar-refractivity contribution in [3.8, 4) is 0 Å². The topological polar surface area (TPSA) is 44.4 Å². The van der Waals surface area contributed by atoms with Crippen molar-refractivity contribution in [3.63, 3.8) is 0 Å². The lowest BCUT2D eigenvalue weighted by Gasteiger charge is -2.27. The summed E-state index contributed by atoms with van der Waals surface area (Å²) >= 11 is 1.54. The van der Waals surface area contributed by atoms with E-state index < -0.39 is 0 Å². The molecule has 0 unspecified atom stereocenters.